The third kappa shape index (κ3) is 5.47. The lowest BCUT2D eigenvalue weighted by molar-refractivity contribution is 0.272. The van der Waals surface area contributed by atoms with Gasteiger partial charge in [0.15, 0.2) is 0 Å². The Bertz CT molecular complexity index is 343. The molecule has 4 heteroatoms. The number of nitrogens with one attached hydrogen (secondary N) is 1. The summed E-state index contributed by atoms with van der Waals surface area (Å²) in [5.74, 6) is 0.872. The Kier molecular flexibility index (Phi) is 7.37. The van der Waals surface area contributed by atoms with Crippen LogP contribution < -0.4 is 10.1 Å². The summed E-state index contributed by atoms with van der Waals surface area (Å²) in [6, 6.07) is 3.96. The molecule has 1 heterocycles. The van der Waals surface area contributed by atoms with Crippen LogP contribution in [-0.4, -0.2) is 30.4 Å². The molecule has 0 aromatic carbocycles. The highest BCUT2D eigenvalue weighted by Crippen LogP contribution is 2.17. The van der Waals surface area contributed by atoms with E-state index in [1.807, 2.05) is 26.1 Å². The van der Waals surface area contributed by atoms with Crippen molar-refractivity contribution >= 4 is 0 Å². The topological polar surface area (TPSA) is 54.4 Å². The fourth-order valence-electron chi connectivity index (χ4n) is 1.77. The second-order valence-corrected chi connectivity index (χ2v) is 4.41. The van der Waals surface area contributed by atoms with Crippen LogP contribution >= 0.6 is 0 Å². The van der Waals surface area contributed by atoms with Crippen LogP contribution in [0, 0.1) is 6.92 Å². The van der Waals surface area contributed by atoms with E-state index < -0.39 is 0 Å². The van der Waals surface area contributed by atoms with Gasteiger partial charge in [-0.2, -0.15) is 0 Å². The molecule has 0 saturated heterocycles. The number of hydrogen-bond acceptors (Lipinski definition) is 4. The molecule has 18 heavy (non-hydrogen) atoms. The highest BCUT2D eigenvalue weighted by molar-refractivity contribution is 5.29. The van der Waals surface area contributed by atoms with Crippen LogP contribution in [0.3, 0.4) is 0 Å². The van der Waals surface area contributed by atoms with E-state index in [4.69, 9.17) is 9.84 Å². The van der Waals surface area contributed by atoms with Gasteiger partial charge in [-0.3, -0.25) is 4.98 Å². The molecular weight excluding hydrogens is 228 g/mol. The Labute approximate surface area is 109 Å². The van der Waals surface area contributed by atoms with Gasteiger partial charge >= 0.3 is 0 Å². The van der Waals surface area contributed by atoms with Gasteiger partial charge in [0.1, 0.15) is 5.75 Å². The number of ether oxygens (including phenoxy) is 1. The van der Waals surface area contributed by atoms with Gasteiger partial charge in [0.25, 0.3) is 0 Å². The molecule has 2 N–H and O–H groups in total. The van der Waals surface area contributed by atoms with Crippen molar-refractivity contribution in [1.82, 2.24) is 10.3 Å². The molecule has 0 radical (unpaired) electrons. The molecule has 0 atom stereocenters. The minimum Gasteiger partial charge on any atom is -0.492 e. The zero-order chi connectivity index (χ0) is 13.2. The van der Waals surface area contributed by atoms with Gasteiger partial charge in [0, 0.05) is 18.8 Å². The Balaban J connectivity index is 2.36. The van der Waals surface area contributed by atoms with Crippen LogP contribution in [0.5, 0.6) is 5.75 Å². The molecule has 0 aliphatic heterocycles. The zero-order valence-corrected chi connectivity index (χ0v) is 11.4. The smallest absolute Gasteiger partial charge is 0.142 e. The Morgan fingerprint density at radius 3 is 2.72 bits per heavy atom. The summed E-state index contributed by atoms with van der Waals surface area (Å²) in [5, 5.41) is 11.8. The second-order valence-electron chi connectivity index (χ2n) is 4.41. The van der Waals surface area contributed by atoms with Gasteiger partial charge in [-0.15, -0.1) is 0 Å². The molecule has 0 bridgehead atoms. The molecule has 0 unspecified atom stereocenters. The third-order valence-corrected chi connectivity index (χ3v) is 2.73. The standard InChI is InChI=1S/C14H24N2O2/c1-12-7-8-14(13(16-12)11-15-2)18-10-6-4-3-5-9-17/h7-8,15,17H,3-6,9-11H2,1-2H3. The van der Waals surface area contributed by atoms with Crippen LogP contribution in [0.4, 0.5) is 0 Å². The monoisotopic (exact) mass is 252 g/mol. The number of nitrogens with zero attached hydrogens (tertiary/aromatic N) is 1. The van der Waals surface area contributed by atoms with Gasteiger partial charge in [-0.25, -0.2) is 0 Å². The maximum absolute atomic E-state index is 8.68. The van der Waals surface area contributed by atoms with Crippen LogP contribution in [0.15, 0.2) is 12.1 Å². The van der Waals surface area contributed by atoms with Crippen molar-refractivity contribution < 1.29 is 9.84 Å². The molecular formula is C14H24N2O2. The number of unbranched alkanes of at least 4 members (excludes halogenated alkanes) is 3. The van der Waals surface area contributed by atoms with Gasteiger partial charge < -0.3 is 15.2 Å². The molecule has 0 fully saturated rings. The zero-order valence-electron chi connectivity index (χ0n) is 11.4. The van der Waals surface area contributed by atoms with Crippen molar-refractivity contribution in [3.8, 4) is 5.75 Å². The van der Waals surface area contributed by atoms with E-state index in [9.17, 15) is 0 Å². The number of hydrogen-bond donors (Lipinski definition) is 2. The first kappa shape index (κ1) is 14.9. The average Bonchev–Trinajstić information content (AvgIpc) is 2.36. The molecule has 0 aliphatic rings. The van der Waals surface area contributed by atoms with Gasteiger partial charge in [-0.1, -0.05) is 6.42 Å². The lowest BCUT2D eigenvalue weighted by Gasteiger charge is -2.11. The van der Waals surface area contributed by atoms with Gasteiger partial charge in [0.05, 0.1) is 12.3 Å². The number of pyridine rings is 1. The maximum Gasteiger partial charge on any atom is 0.142 e. The number of rotatable bonds is 9. The first-order valence-electron chi connectivity index (χ1n) is 6.62. The van der Waals surface area contributed by atoms with Crippen molar-refractivity contribution in [2.75, 3.05) is 20.3 Å². The highest BCUT2D eigenvalue weighted by atomic mass is 16.5. The Morgan fingerprint density at radius 1 is 1.22 bits per heavy atom. The van der Waals surface area contributed by atoms with Crippen molar-refractivity contribution in [3.63, 3.8) is 0 Å². The van der Waals surface area contributed by atoms with Gasteiger partial charge in [0.2, 0.25) is 0 Å². The van der Waals surface area contributed by atoms with E-state index in [0.717, 1.165) is 49.4 Å². The van der Waals surface area contributed by atoms with Crippen molar-refractivity contribution in [2.24, 2.45) is 0 Å². The summed E-state index contributed by atoms with van der Waals surface area (Å²) >= 11 is 0. The normalized spacial score (nSPS) is 10.6. The molecule has 1 aromatic heterocycles. The third-order valence-electron chi connectivity index (χ3n) is 2.73. The van der Waals surface area contributed by atoms with Gasteiger partial charge in [-0.05, 0) is 45.4 Å². The number of aliphatic hydroxyl groups is 1. The van der Waals surface area contributed by atoms with Crippen LogP contribution in [0.25, 0.3) is 0 Å². The molecule has 0 amide bonds. The number of aliphatic hydroxyl groups excluding tert-OH is 1. The summed E-state index contributed by atoms with van der Waals surface area (Å²) in [6.07, 6.45) is 4.07. The van der Waals surface area contributed by atoms with Crippen LogP contribution in [0.1, 0.15) is 37.1 Å². The summed E-state index contributed by atoms with van der Waals surface area (Å²) in [5.41, 5.74) is 1.98. The van der Waals surface area contributed by atoms with Crippen molar-refractivity contribution in [2.45, 2.75) is 39.2 Å². The predicted molar refractivity (Wildman–Crippen MR) is 72.8 cm³/mol. The largest absolute Gasteiger partial charge is 0.492 e. The van der Waals surface area contributed by atoms with Crippen molar-refractivity contribution in [3.05, 3.63) is 23.5 Å². The first-order valence-corrected chi connectivity index (χ1v) is 6.62. The van der Waals surface area contributed by atoms with E-state index in [2.05, 4.69) is 10.3 Å². The average molecular weight is 252 g/mol. The quantitative estimate of drug-likeness (QED) is 0.660. The number of aryl methyl sites for hydroxylation is 1. The SMILES string of the molecule is CNCc1nc(C)ccc1OCCCCCCO. The molecule has 1 aromatic rings. The maximum atomic E-state index is 8.68. The fourth-order valence-corrected chi connectivity index (χ4v) is 1.77. The minimum absolute atomic E-state index is 0.287. The van der Waals surface area contributed by atoms with Crippen LogP contribution in [-0.2, 0) is 6.54 Å². The Morgan fingerprint density at radius 2 is 2.00 bits per heavy atom. The van der Waals surface area contributed by atoms with E-state index >= 15 is 0 Å². The van der Waals surface area contributed by atoms with E-state index in [1.54, 1.807) is 0 Å². The van der Waals surface area contributed by atoms with Crippen molar-refractivity contribution in [1.29, 1.82) is 0 Å². The summed E-state index contributed by atoms with van der Waals surface area (Å²) in [6.45, 7) is 3.71. The predicted octanol–water partition coefficient (Wildman–Crippen LogP) is 2.04. The van der Waals surface area contributed by atoms with Crippen LogP contribution in [0.2, 0.25) is 0 Å². The lowest BCUT2D eigenvalue weighted by Crippen LogP contribution is -2.10. The molecule has 0 aliphatic carbocycles. The minimum atomic E-state index is 0.287. The second kappa shape index (κ2) is 8.89. The summed E-state index contributed by atoms with van der Waals surface area (Å²) < 4.78 is 5.76. The summed E-state index contributed by atoms with van der Waals surface area (Å²) in [4.78, 5) is 4.47. The van der Waals surface area contributed by atoms with E-state index in [1.165, 1.54) is 0 Å². The number of aromatic nitrogens is 1. The Hall–Kier alpha value is -1.13. The first-order chi connectivity index (χ1) is 8.77. The van der Waals surface area contributed by atoms with E-state index in [-0.39, 0.29) is 6.61 Å². The van der Waals surface area contributed by atoms with E-state index in [0.29, 0.717) is 6.61 Å². The molecule has 4 nitrogen and oxygen atoms in total. The lowest BCUT2D eigenvalue weighted by atomic mass is 10.2. The summed E-state index contributed by atoms with van der Waals surface area (Å²) in [7, 11) is 1.91. The highest BCUT2D eigenvalue weighted by Gasteiger charge is 2.04. The fraction of sp³-hybridized carbons (Fsp3) is 0.643. The molecule has 0 saturated carbocycles. The molecule has 0 spiro atoms. The molecule has 102 valence electrons. The molecule has 1 rings (SSSR count).